The quantitative estimate of drug-likeness (QED) is 0.258. The van der Waals surface area contributed by atoms with Crippen LogP contribution in [-0.2, 0) is 17.1 Å². The number of pyridine rings is 1. The van der Waals surface area contributed by atoms with Gasteiger partial charge in [0.15, 0.2) is 0 Å². The van der Waals surface area contributed by atoms with Gasteiger partial charge in [0.25, 0.3) is 0 Å². The van der Waals surface area contributed by atoms with Gasteiger partial charge in [0, 0.05) is 0 Å². The molecular formula is C12H11FeN2O. The maximum atomic E-state index is 6.97. The number of hydrogen-bond donors (Lipinski definition) is 1. The van der Waals surface area contributed by atoms with Crippen LogP contribution in [-0.4, -0.2) is 16.9 Å². The Labute approximate surface area is 106 Å². The van der Waals surface area contributed by atoms with Crippen molar-refractivity contribution in [3.63, 3.8) is 0 Å². The van der Waals surface area contributed by atoms with Crippen molar-refractivity contribution >= 4 is 6.72 Å². The summed E-state index contributed by atoms with van der Waals surface area (Å²) in [6.45, 7) is 4.03. The molecule has 1 aromatic heterocycles. The smallest absolute Gasteiger partial charge is 0.448 e. The first kappa shape index (κ1) is 16.8. The van der Waals surface area contributed by atoms with E-state index in [9.17, 15) is 0 Å². The van der Waals surface area contributed by atoms with Gasteiger partial charge in [0.1, 0.15) is 0 Å². The fourth-order valence-electron chi connectivity index (χ4n) is 0.619. The third kappa shape index (κ3) is 14.9. The van der Waals surface area contributed by atoms with Gasteiger partial charge in [-0.05, 0) is 0 Å². The third-order valence-electron chi connectivity index (χ3n) is 1.12. The van der Waals surface area contributed by atoms with E-state index in [0.717, 1.165) is 0 Å². The third-order valence-corrected chi connectivity index (χ3v) is 1.12. The second kappa shape index (κ2) is 15.8. The molecule has 4 heteroatoms. The van der Waals surface area contributed by atoms with E-state index in [-0.39, 0.29) is 17.1 Å². The molecule has 0 atom stereocenters. The second-order valence-corrected chi connectivity index (χ2v) is 2.15. The maximum absolute atomic E-state index is 6.97. The number of hydrogen-bond acceptors (Lipinski definition) is 3. The van der Waals surface area contributed by atoms with E-state index in [0.29, 0.717) is 0 Å². The molecule has 16 heavy (non-hydrogen) atoms. The van der Waals surface area contributed by atoms with E-state index in [2.05, 4.69) is 24.0 Å². The summed E-state index contributed by atoms with van der Waals surface area (Å²) in [5.41, 5.74) is 0. The van der Waals surface area contributed by atoms with Crippen molar-refractivity contribution in [3.05, 3.63) is 67.0 Å². The molecule has 0 saturated carbocycles. The molecule has 3 nitrogen and oxygen atoms in total. The standard InChI is InChI=1S/C6H5.C5H4N.CH2NO.Fe/c2*1-2-4-6-5-3-1;1-2-3;/h1-5H;1-4H;1,3H;/q3*-1;+3. The van der Waals surface area contributed by atoms with Gasteiger partial charge in [0.05, 0.1) is 0 Å². The first-order valence-electron chi connectivity index (χ1n) is 4.14. The molecule has 1 aromatic carbocycles. The van der Waals surface area contributed by atoms with Crippen molar-refractivity contribution in [1.82, 2.24) is 4.98 Å². The minimum Gasteiger partial charge on any atom is -0.448 e. The molecule has 0 aliphatic rings. The molecule has 0 amide bonds. The summed E-state index contributed by atoms with van der Waals surface area (Å²) in [5, 5.41) is 8.97. The van der Waals surface area contributed by atoms with Gasteiger partial charge >= 0.3 is 17.1 Å². The second-order valence-electron chi connectivity index (χ2n) is 2.15. The predicted molar refractivity (Wildman–Crippen MR) is 58.6 cm³/mol. The Bertz CT molecular complexity index is 231. The molecule has 0 aliphatic heterocycles. The summed E-state index contributed by atoms with van der Waals surface area (Å²) in [5.74, 6) is 0. The van der Waals surface area contributed by atoms with Crippen LogP contribution in [0.1, 0.15) is 0 Å². The first-order chi connectivity index (χ1) is 7.41. The van der Waals surface area contributed by atoms with E-state index in [1.54, 1.807) is 12.3 Å². The van der Waals surface area contributed by atoms with Crippen molar-refractivity contribution in [2.24, 2.45) is 5.16 Å². The molecule has 0 saturated heterocycles. The van der Waals surface area contributed by atoms with Gasteiger partial charge < -0.3 is 22.1 Å². The van der Waals surface area contributed by atoms with Gasteiger partial charge in [-0.15, -0.1) is 0 Å². The molecule has 0 fully saturated rings. The summed E-state index contributed by atoms with van der Waals surface area (Å²) in [6, 6.07) is 18.0. The van der Waals surface area contributed by atoms with Gasteiger partial charge in [-0.25, -0.2) is 0 Å². The summed E-state index contributed by atoms with van der Waals surface area (Å²) in [7, 11) is 0. The van der Waals surface area contributed by atoms with Crippen LogP contribution in [0.15, 0.2) is 59.9 Å². The molecule has 1 heterocycles. The summed E-state index contributed by atoms with van der Waals surface area (Å²) >= 11 is 0. The largest absolute Gasteiger partial charge is 3.00 e. The first-order valence-corrected chi connectivity index (χ1v) is 4.14. The molecule has 0 aliphatic carbocycles. The van der Waals surface area contributed by atoms with Crippen molar-refractivity contribution in [3.8, 4) is 0 Å². The summed E-state index contributed by atoms with van der Waals surface area (Å²) in [6.07, 6.45) is 4.34. The Morgan fingerprint density at radius 2 is 1.56 bits per heavy atom. The summed E-state index contributed by atoms with van der Waals surface area (Å²) in [4.78, 5) is 3.66. The molecule has 0 spiro atoms. The van der Waals surface area contributed by atoms with Crippen molar-refractivity contribution in [2.45, 2.75) is 0 Å². The molecule has 0 unspecified atom stereocenters. The van der Waals surface area contributed by atoms with Crippen molar-refractivity contribution in [2.75, 3.05) is 0 Å². The number of nitrogens with zero attached hydrogens (tertiary/aromatic N) is 2. The molecule has 83 valence electrons. The van der Waals surface area contributed by atoms with Gasteiger partial charge in [0.2, 0.25) is 0 Å². The van der Waals surface area contributed by atoms with Crippen LogP contribution in [0, 0.1) is 12.3 Å². The van der Waals surface area contributed by atoms with Crippen LogP contribution in [0.25, 0.3) is 0 Å². The van der Waals surface area contributed by atoms with Crippen LogP contribution in [0.2, 0.25) is 0 Å². The zero-order valence-corrected chi connectivity index (χ0v) is 9.57. The van der Waals surface area contributed by atoms with Crippen LogP contribution in [0.5, 0.6) is 0 Å². The van der Waals surface area contributed by atoms with Crippen molar-refractivity contribution < 1.29 is 22.3 Å². The number of rotatable bonds is 0. The van der Waals surface area contributed by atoms with Crippen LogP contribution < -0.4 is 0 Å². The van der Waals surface area contributed by atoms with E-state index >= 15 is 0 Å². The predicted octanol–water partition coefficient (Wildman–Crippen LogP) is 2.32. The molecule has 0 bridgehead atoms. The normalized spacial score (nSPS) is 6.75. The summed E-state index contributed by atoms with van der Waals surface area (Å²) < 4.78 is 0. The van der Waals surface area contributed by atoms with E-state index in [1.807, 2.05) is 47.6 Å². The fraction of sp³-hybridized carbons (Fsp3) is 0. The average Bonchev–Trinajstić information content (AvgIpc) is 2.35. The average molecular weight is 255 g/mol. The zero-order valence-electron chi connectivity index (χ0n) is 8.47. The Morgan fingerprint density at radius 3 is 1.69 bits per heavy atom. The van der Waals surface area contributed by atoms with Crippen LogP contribution in [0.3, 0.4) is 0 Å². The van der Waals surface area contributed by atoms with Crippen LogP contribution in [0.4, 0.5) is 0 Å². The Balaban J connectivity index is 0. The van der Waals surface area contributed by atoms with E-state index in [4.69, 9.17) is 5.21 Å². The minimum atomic E-state index is 0. The van der Waals surface area contributed by atoms with Gasteiger partial charge in [-0.2, -0.15) is 54.6 Å². The number of aromatic nitrogens is 1. The SMILES string of the molecule is [CH-]=NO.[Fe+3].[c-]1ccccc1.[c-]1ccccn1. The maximum Gasteiger partial charge on any atom is 3.00 e. The van der Waals surface area contributed by atoms with E-state index in [1.165, 1.54) is 0 Å². The molecular weight excluding hydrogens is 244 g/mol. The topological polar surface area (TPSA) is 45.5 Å². The molecule has 2 aromatic rings. The fourth-order valence-corrected chi connectivity index (χ4v) is 0.619. The zero-order chi connectivity index (χ0) is 11.2. The molecule has 2 rings (SSSR count). The van der Waals surface area contributed by atoms with Gasteiger partial charge in [-0.1, -0.05) is 12.4 Å². The van der Waals surface area contributed by atoms with E-state index < -0.39 is 0 Å². The Morgan fingerprint density at radius 1 is 1.00 bits per heavy atom. The van der Waals surface area contributed by atoms with Crippen molar-refractivity contribution in [1.29, 1.82) is 0 Å². The Kier molecular flexibility index (Phi) is 16.6. The Hall–Kier alpha value is -1.64. The van der Waals surface area contributed by atoms with Crippen LogP contribution >= 0.6 is 0 Å². The van der Waals surface area contributed by atoms with Gasteiger partial charge in [-0.3, -0.25) is 0 Å². The minimum absolute atomic E-state index is 0. The number of benzene rings is 1. The molecule has 1 N–H and O–H groups in total. The molecule has 1 radical (unpaired) electrons. The monoisotopic (exact) mass is 255 g/mol.